The fourth-order valence-electron chi connectivity index (χ4n) is 3.92. The first-order valence-electron chi connectivity index (χ1n) is 10.6. The van der Waals surface area contributed by atoms with E-state index in [1.54, 1.807) is 35.4 Å². The summed E-state index contributed by atoms with van der Waals surface area (Å²) >= 11 is 1.19. The number of fused-ring (bicyclic) bond motifs is 1. The second-order valence-electron chi connectivity index (χ2n) is 7.74. The van der Waals surface area contributed by atoms with Crippen molar-refractivity contribution in [2.75, 3.05) is 36.8 Å². The molecule has 0 radical (unpaired) electrons. The molecule has 0 N–H and O–H groups in total. The van der Waals surface area contributed by atoms with Crippen molar-refractivity contribution in [3.8, 4) is 5.69 Å². The monoisotopic (exact) mass is 482 g/mol. The number of rotatable bonds is 5. The van der Waals surface area contributed by atoms with Crippen molar-refractivity contribution in [2.45, 2.75) is 5.16 Å². The van der Waals surface area contributed by atoms with Crippen molar-refractivity contribution in [3.05, 3.63) is 82.9 Å². The summed E-state index contributed by atoms with van der Waals surface area (Å²) in [6.45, 7) is 2.08. The van der Waals surface area contributed by atoms with Gasteiger partial charge in [0.15, 0.2) is 5.16 Å². The highest BCUT2D eigenvalue weighted by Gasteiger charge is 2.23. The average Bonchev–Trinajstić information content (AvgIpc) is 3.27. The number of hydrogen-bond acceptors (Lipinski definition) is 6. The molecule has 0 saturated carbocycles. The van der Waals surface area contributed by atoms with Crippen LogP contribution in [0.3, 0.4) is 0 Å². The second-order valence-corrected chi connectivity index (χ2v) is 8.68. The predicted molar refractivity (Wildman–Crippen MR) is 124 cm³/mol. The van der Waals surface area contributed by atoms with E-state index in [1.165, 1.54) is 51.2 Å². The molecule has 0 bridgehead atoms. The minimum Gasteiger partial charge on any atom is -0.366 e. The average molecular weight is 483 g/mol. The van der Waals surface area contributed by atoms with Gasteiger partial charge in [-0.25, -0.2) is 8.78 Å². The van der Waals surface area contributed by atoms with Gasteiger partial charge in [0.2, 0.25) is 11.6 Å². The third kappa shape index (κ3) is 4.26. The zero-order valence-electron chi connectivity index (χ0n) is 18.0. The van der Waals surface area contributed by atoms with E-state index >= 15 is 0 Å². The highest BCUT2D eigenvalue weighted by atomic mass is 32.2. The lowest BCUT2D eigenvalue weighted by molar-refractivity contribution is -0.128. The van der Waals surface area contributed by atoms with Crippen molar-refractivity contribution in [1.82, 2.24) is 24.1 Å². The standard InChI is InChI=1S/C23H20F2N6O2S/c24-16-4-3-5-17(14-16)30-12-13-31-21(22(30)33)26-27-23(31)34-15-20(32)29-10-8-28(9-11-29)19-7-2-1-6-18(19)25/h1-7,12-14H,8-11,15H2. The zero-order valence-corrected chi connectivity index (χ0v) is 18.8. The van der Waals surface area contributed by atoms with Crippen LogP contribution < -0.4 is 10.5 Å². The van der Waals surface area contributed by atoms with Crippen molar-refractivity contribution in [1.29, 1.82) is 0 Å². The SMILES string of the molecule is O=C(CSc1nnc2c(=O)n(-c3cccc(F)c3)ccn12)N1CCN(c2ccccc2F)CC1. The van der Waals surface area contributed by atoms with Crippen LogP contribution >= 0.6 is 11.8 Å². The Morgan fingerprint density at radius 1 is 0.971 bits per heavy atom. The highest BCUT2D eigenvalue weighted by molar-refractivity contribution is 7.99. The number of carbonyl (C=O) groups is 1. The van der Waals surface area contributed by atoms with E-state index in [0.29, 0.717) is 42.7 Å². The van der Waals surface area contributed by atoms with E-state index in [9.17, 15) is 18.4 Å². The van der Waals surface area contributed by atoms with E-state index in [-0.39, 0.29) is 23.1 Å². The fraction of sp³-hybridized carbons (Fsp3) is 0.217. The van der Waals surface area contributed by atoms with E-state index in [2.05, 4.69) is 10.2 Å². The Morgan fingerprint density at radius 2 is 1.76 bits per heavy atom. The number of benzene rings is 2. The Bertz CT molecular complexity index is 1410. The summed E-state index contributed by atoms with van der Waals surface area (Å²) < 4.78 is 30.4. The zero-order chi connectivity index (χ0) is 23.7. The van der Waals surface area contributed by atoms with Crippen LogP contribution in [0, 0.1) is 11.6 Å². The smallest absolute Gasteiger partial charge is 0.300 e. The summed E-state index contributed by atoms with van der Waals surface area (Å²) in [6.07, 6.45) is 3.13. The fourth-order valence-corrected chi connectivity index (χ4v) is 4.74. The van der Waals surface area contributed by atoms with Gasteiger partial charge >= 0.3 is 5.56 Å². The van der Waals surface area contributed by atoms with Crippen LogP contribution in [-0.2, 0) is 4.79 Å². The molecule has 1 saturated heterocycles. The van der Waals surface area contributed by atoms with Crippen LogP contribution in [0.15, 0.2) is 70.9 Å². The van der Waals surface area contributed by atoms with Crippen LogP contribution in [0.2, 0.25) is 0 Å². The summed E-state index contributed by atoms with van der Waals surface area (Å²) in [5.74, 6) is -0.653. The van der Waals surface area contributed by atoms with Crippen LogP contribution in [-0.4, -0.2) is 61.9 Å². The van der Waals surface area contributed by atoms with Gasteiger partial charge in [0, 0.05) is 38.6 Å². The third-order valence-electron chi connectivity index (χ3n) is 5.68. The minimum atomic E-state index is -0.449. The summed E-state index contributed by atoms with van der Waals surface area (Å²) in [5.41, 5.74) is 0.570. The molecule has 34 heavy (non-hydrogen) atoms. The Labute approximate surface area is 197 Å². The molecule has 174 valence electrons. The molecule has 1 aliphatic rings. The molecule has 5 rings (SSSR count). The number of nitrogens with zero attached hydrogens (tertiary/aromatic N) is 6. The molecule has 3 heterocycles. The van der Waals surface area contributed by atoms with Gasteiger partial charge in [-0.15, -0.1) is 10.2 Å². The quantitative estimate of drug-likeness (QED) is 0.407. The van der Waals surface area contributed by atoms with Crippen LogP contribution in [0.25, 0.3) is 11.3 Å². The lowest BCUT2D eigenvalue weighted by atomic mass is 10.2. The third-order valence-corrected chi connectivity index (χ3v) is 6.60. The first kappa shape index (κ1) is 22.1. The molecule has 0 unspecified atom stereocenters. The Balaban J connectivity index is 1.24. The van der Waals surface area contributed by atoms with Crippen molar-refractivity contribution < 1.29 is 13.6 Å². The molecule has 0 atom stereocenters. The van der Waals surface area contributed by atoms with Crippen LogP contribution in [0.4, 0.5) is 14.5 Å². The Kier molecular flexibility index (Phi) is 6.01. The summed E-state index contributed by atoms with van der Waals surface area (Å²) in [4.78, 5) is 29.2. The molecule has 1 amide bonds. The van der Waals surface area contributed by atoms with Gasteiger partial charge in [-0.05, 0) is 30.3 Å². The van der Waals surface area contributed by atoms with E-state index in [0.717, 1.165) is 0 Å². The molecular formula is C23H20F2N6O2S. The first-order valence-corrected chi connectivity index (χ1v) is 11.6. The highest BCUT2D eigenvalue weighted by Crippen LogP contribution is 2.21. The molecule has 1 aliphatic heterocycles. The molecule has 0 spiro atoms. The molecule has 2 aromatic carbocycles. The predicted octanol–water partition coefficient (Wildman–Crippen LogP) is 2.60. The number of anilines is 1. The maximum absolute atomic E-state index is 14.0. The molecule has 8 nitrogen and oxygen atoms in total. The molecule has 0 aliphatic carbocycles. The lowest BCUT2D eigenvalue weighted by Gasteiger charge is -2.36. The number of aromatic nitrogens is 4. The lowest BCUT2D eigenvalue weighted by Crippen LogP contribution is -2.49. The van der Waals surface area contributed by atoms with Crippen LogP contribution in [0.5, 0.6) is 0 Å². The van der Waals surface area contributed by atoms with Crippen molar-refractivity contribution in [3.63, 3.8) is 0 Å². The van der Waals surface area contributed by atoms with E-state index < -0.39 is 11.4 Å². The van der Waals surface area contributed by atoms with Crippen molar-refractivity contribution in [2.24, 2.45) is 0 Å². The summed E-state index contributed by atoms with van der Waals surface area (Å²) in [6, 6.07) is 12.3. The molecule has 11 heteroatoms. The molecule has 4 aromatic rings. The largest absolute Gasteiger partial charge is 0.366 e. The second kappa shape index (κ2) is 9.26. The topological polar surface area (TPSA) is 75.7 Å². The van der Waals surface area contributed by atoms with Crippen LogP contribution in [0.1, 0.15) is 0 Å². The molecular weight excluding hydrogens is 462 g/mol. The van der Waals surface area contributed by atoms with E-state index in [1.807, 2.05) is 4.90 Å². The number of hydrogen-bond donors (Lipinski definition) is 0. The number of carbonyl (C=O) groups excluding carboxylic acids is 1. The normalized spacial score (nSPS) is 14.1. The maximum atomic E-state index is 14.0. The number of para-hydroxylation sites is 1. The number of halogens is 2. The molecule has 1 fully saturated rings. The number of amides is 1. The first-order chi connectivity index (χ1) is 16.5. The van der Waals surface area contributed by atoms with Gasteiger partial charge in [-0.3, -0.25) is 18.6 Å². The van der Waals surface area contributed by atoms with E-state index in [4.69, 9.17) is 0 Å². The summed E-state index contributed by atoms with van der Waals surface area (Å²) in [5, 5.41) is 8.44. The number of piperazine rings is 1. The van der Waals surface area contributed by atoms with Gasteiger partial charge < -0.3 is 9.80 Å². The number of thioether (sulfide) groups is 1. The van der Waals surface area contributed by atoms with Gasteiger partial charge in [0.05, 0.1) is 17.1 Å². The maximum Gasteiger partial charge on any atom is 0.300 e. The Morgan fingerprint density at radius 3 is 2.53 bits per heavy atom. The summed E-state index contributed by atoms with van der Waals surface area (Å²) in [7, 11) is 0. The minimum absolute atomic E-state index is 0.0666. The van der Waals surface area contributed by atoms with Gasteiger partial charge in [-0.2, -0.15) is 0 Å². The van der Waals surface area contributed by atoms with Gasteiger partial charge in [0.1, 0.15) is 11.6 Å². The Hall–Kier alpha value is -3.73. The van der Waals surface area contributed by atoms with Gasteiger partial charge in [-0.1, -0.05) is 30.0 Å². The molecule has 2 aromatic heterocycles. The van der Waals surface area contributed by atoms with Crippen molar-refractivity contribution >= 4 is 29.0 Å². The van der Waals surface area contributed by atoms with Gasteiger partial charge in [0.25, 0.3) is 0 Å².